The first kappa shape index (κ1) is 19.5. The van der Waals surface area contributed by atoms with E-state index in [1.165, 1.54) is 17.4 Å². The van der Waals surface area contributed by atoms with E-state index in [1.807, 2.05) is 50.2 Å². The lowest BCUT2D eigenvalue weighted by Gasteiger charge is -2.06. The van der Waals surface area contributed by atoms with Gasteiger partial charge in [-0.15, -0.1) is 11.3 Å². The molecule has 3 rings (SSSR count). The second-order valence-electron chi connectivity index (χ2n) is 5.94. The SMILES string of the molecule is Cc1sc(NC(=S)NC(=O)/C=C/c2ccc(-c3ccccc3)o2)c(C#N)c1C. The molecule has 0 aliphatic heterocycles. The zero-order valence-corrected chi connectivity index (χ0v) is 16.9. The monoisotopic (exact) mass is 407 g/mol. The van der Waals surface area contributed by atoms with Crippen LogP contribution in [-0.2, 0) is 4.79 Å². The number of aryl methyl sites for hydroxylation is 1. The highest BCUT2D eigenvalue weighted by Gasteiger charge is 2.13. The van der Waals surface area contributed by atoms with E-state index in [4.69, 9.17) is 16.6 Å². The number of anilines is 1. The van der Waals surface area contributed by atoms with Gasteiger partial charge in [0.1, 0.15) is 22.6 Å². The largest absolute Gasteiger partial charge is 0.457 e. The Kier molecular flexibility index (Phi) is 6.04. The summed E-state index contributed by atoms with van der Waals surface area (Å²) < 4.78 is 5.72. The molecule has 0 bridgehead atoms. The van der Waals surface area contributed by atoms with Gasteiger partial charge in [0.05, 0.1) is 5.56 Å². The summed E-state index contributed by atoms with van der Waals surface area (Å²) >= 11 is 6.59. The summed E-state index contributed by atoms with van der Waals surface area (Å²) in [7, 11) is 0. The maximum Gasteiger partial charge on any atom is 0.250 e. The molecule has 2 aromatic heterocycles. The summed E-state index contributed by atoms with van der Waals surface area (Å²) in [6.07, 6.45) is 2.92. The Bertz CT molecular complexity index is 1090. The zero-order chi connectivity index (χ0) is 20.1. The zero-order valence-electron chi connectivity index (χ0n) is 15.3. The Balaban J connectivity index is 1.60. The molecule has 0 aliphatic carbocycles. The van der Waals surface area contributed by atoms with E-state index in [9.17, 15) is 10.1 Å². The Morgan fingerprint density at radius 2 is 1.96 bits per heavy atom. The number of hydrogen-bond acceptors (Lipinski definition) is 5. The topological polar surface area (TPSA) is 78.1 Å². The molecule has 2 N–H and O–H groups in total. The van der Waals surface area contributed by atoms with Crippen molar-refractivity contribution in [2.24, 2.45) is 0 Å². The average molecular weight is 408 g/mol. The van der Waals surface area contributed by atoms with Crippen LogP contribution in [0.2, 0.25) is 0 Å². The fourth-order valence-corrected chi connectivity index (χ4v) is 3.78. The standard InChI is InChI=1S/C21H17N3O2S2/c1-13-14(2)28-20(17(13)12-22)24-21(27)23-19(25)11-9-16-8-10-18(26-16)15-6-4-3-5-7-15/h3-11H,1-2H3,(H2,23,24,25,27)/b11-9+. The van der Waals surface area contributed by atoms with Crippen LogP contribution in [0.25, 0.3) is 17.4 Å². The number of thiocarbonyl (C=S) groups is 1. The number of carbonyl (C=O) groups is 1. The number of amides is 1. The van der Waals surface area contributed by atoms with Gasteiger partial charge in [-0.1, -0.05) is 30.3 Å². The van der Waals surface area contributed by atoms with Crippen molar-refractivity contribution in [3.63, 3.8) is 0 Å². The summed E-state index contributed by atoms with van der Waals surface area (Å²) in [5, 5.41) is 15.5. The molecule has 5 nitrogen and oxygen atoms in total. The van der Waals surface area contributed by atoms with Gasteiger partial charge < -0.3 is 9.73 Å². The van der Waals surface area contributed by atoms with Crippen LogP contribution in [0.15, 0.2) is 53.0 Å². The molecular formula is C21H17N3O2S2. The lowest BCUT2D eigenvalue weighted by Crippen LogP contribution is -2.32. The van der Waals surface area contributed by atoms with Crippen LogP contribution in [0.4, 0.5) is 5.00 Å². The van der Waals surface area contributed by atoms with Crippen molar-refractivity contribution in [2.45, 2.75) is 13.8 Å². The molecule has 140 valence electrons. The van der Waals surface area contributed by atoms with Crippen molar-refractivity contribution >= 4 is 45.7 Å². The highest BCUT2D eigenvalue weighted by molar-refractivity contribution is 7.80. The number of thiophene rings is 1. The molecule has 0 unspecified atom stereocenters. The van der Waals surface area contributed by atoms with Gasteiger partial charge in [0.15, 0.2) is 5.11 Å². The second-order valence-corrected chi connectivity index (χ2v) is 7.58. The van der Waals surface area contributed by atoms with Crippen molar-refractivity contribution < 1.29 is 9.21 Å². The minimum atomic E-state index is -0.390. The Morgan fingerprint density at radius 1 is 1.21 bits per heavy atom. The third kappa shape index (κ3) is 4.55. The minimum Gasteiger partial charge on any atom is -0.457 e. The van der Waals surface area contributed by atoms with Gasteiger partial charge in [-0.3, -0.25) is 10.1 Å². The van der Waals surface area contributed by atoms with Gasteiger partial charge in [0.2, 0.25) is 5.91 Å². The van der Waals surface area contributed by atoms with Crippen LogP contribution >= 0.6 is 23.6 Å². The van der Waals surface area contributed by atoms with E-state index in [2.05, 4.69) is 16.7 Å². The van der Waals surface area contributed by atoms with Crippen molar-refractivity contribution in [3.05, 3.63) is 70.3 Å². The van der Waals surface area contributed by atoms with E-state index in [0.717, 1.165) is 21.8 Å². The van der Waals surface area contributed by atoms with Crippen LogP contribution in [0.5, 0.6) is 0 Å². The summed E-state index contributed by atoms with van der Waals surface area (Å²) in [4.78, 5) is 13.1. The predicted molar refractivity (Wildman–Crippen MR) is 116 cm³/mol. The quantitative estimate of drug-likeness (QED) is 0.469. The van der Waals surface area contributed by atoms with Crippen molar-refractivity contribution in [2.75, 3.05) is 5.32 Å². The molecule has 0 radical (unpaired) electrons. The molecule has 7 heteroatoms. The number of nitriles is 1. The molecule has 1 aromatic carbocycles. The molecule has 0 aliphatic rings. The number of furan rings is 1. The van der Waals surface area contributed by atoms with Crippen molar-refractivity contribution in [3.8, 4) is 17.4 Å². The first-order chi connectivity index (χ1) is 13.5. The predicted octanol–water partition coefficient (Wildman–Crippen LogP) is 5.02. The summed E-state index contributed by atoms with van der Waals surface area (Å²) in [6.45, 7) is 3.82. The maximum absolute atomic E-state index is 12.1. The van der Waals surface area contributed by atoms with Gasteiger partial charge in [-0.05, 0) is 49.8 Å². The Hall–Kier alpha value is -3.21. The summed E-state index contributed by atoms with van der Waals surface area (Å²) in [6, 6.07) is 15.5. The molecule has 2 heterocycles. The number of nitrogens with one attached hydrogen (secondary N) is 2. The normalized spacial score (nSPS) is 10.6. The lowest BCUT2D eigenvalue weighted by atomic mass is 10.2. The highest BCUT2D eigenvalue weighted by Crippen LogP contribution is 2.31. The van der Waals surface area contributed by atoms with Gasteiger partial charge in [-0.25, -0.2) is 0 Å². The van der Waals surface area contributed by atoms with Gasteiger partial charge in [-0.2, -0.15) is 5.26 Å². The number of benzene rings is 1. The van der Waals surface area contributed by atoms with Crippen LogP contribution in [0, 0.1) is 25.2 Å². The number of rotatable bonds is 4. The highest BCUT2D eigenvalue weighted by atomic mass is 32.1. The summed E-state index contributed by atoms with van der Waals surface area (Å²) in [5.74, 6) is 0.896. The number of carbonyl (C=O) groups excluding carboxylic acids is 1. The lowest BCUT2D eigenvalue weighted by molar-refractivity contribution is -0.115. The molecule has 0 fully saturated rings. The molecule has 1 amide bonds. The van der Waals surface area contributed by atoms with Crippen LogP contribution in [-0.4, -0.2) is 11.0 Å². The molecular weight excluding hydrogens is 390 g/mol. The smallest absolute Gasteiger partial charge is 0.250 e. The third-order valence-corrected chi connectivity index (χ3v) is 5.37. The molecule has 28 heavy (non-hydrogen) atoms. The maximum atomic E-state index is 12.1. The van der Waals surface area contributed by atoms with Crippen molar-refractivity contribution in [1.29, 1.82) is 5.26 Å². The average Bonchev–Trinajstić information content (AvgIpc) is 3.25. The fraction of sp³-hybridized carbons (Fsp3) is 0.0952. The van der Waals surface area contributed by atoms with Gasteiger partial charge in [0.25, 0.3) is 0 Å². The van der Waals surface area contributed by atoms with Crippen LogP contribution in [0.1, 0.15) is 21.8 Å². The van der Waals surface area contributed by atoms with E-state index in [0.29, 0.717) is 16.3 Å². The summed E-state index contributed by atoms with van der Waals surface area (Å²) in [5.41, 5.74) is 2.42. The fourth-order valence-electron chi connectivity index (χ4n) is 2.50. The molecule has 0 spiro atoms. The Morgan fingerprint density at radius 3 is 2.68 bits per heavy atom. The minimum absolute atomic E-state index is 0.136. The molecule has 0 saturated heterocycles. The second kappa shape index (κ2) is 8.65. The van der Waals surface area contributed by atoms with E-state index in [-0.39, 0.29) is 5.11 Å². The third-order valence-electron chi connectivity index (χ3n) is 4.04. The van der Waals surface area contributed by atoms with Gasteiger partial charge >= 0.3 is 0 Å². The molecule has 0 atom stereocenters. The first-order valence-electron chi connectivity index (χ1n) is 8.43. The van der Waals surface area contributed by atoms with Crippen LogP contribution < -0.4 is 10.6 Å². The van der Waals surface area contributed by atoms with Crippen LogP contribution in [0.3, 0.4) is 0 Å². The molecule has 3 aromatic rings. The molecule has 0 saturated carbocycles. The van der Waals surface area contributed by atoms with E-state index >= 15 is 0 Å². The first-order valence-corrected chi connectivity index (χ1v) is 9.66. The number of hydrogen-bond donors (Lipinski definition) is 2. The number of nitrogens with zero attached hydrogens (tertiary/aromatic N) is 1. The van der Waals surface area contributed by atoms with E-state index in [1.54, 1.807) is 12.1 Å². The Labute approximate surface area is 172 Å². The van der Waals surface area contributed by atoms with Gasteiger partial charge in [0, 0.05) is 16.5 Å². The van der Waals surface area contributed by atoms with E-state index < -0.39 is 5.91 Å². The van der Waals surface area contributed by atoms with Crippen molar-refractivity contribution in [1.82, 2.24) is 5.32 Å².